The Morgan fingerprint density at radius 1 is 0.458 bits per heavy atom. The fourth-order valence-corrected chi connectivity index (χ4v) is 2.80. The average molecular weight is 324 g/mol. The Bertz CT molecular complexity index is 837. The molecule has 0 saturated carbocycles. The van der Waals surface area contributed by atoms with Crippen LogP contribution in [-0.4, -0.2) is 25.5 Å². The highest BCUT2D eigenvalue weighted by Gasteiger charge is 2.27. The van der Waals surface area contributed by atoms with Gasteiger partial charge in [0.2, 0.25) is 0 Å². The summed E-state index contributed by atoms with van der Waals surface area (Å²) in [6.07, 6.45) is 0. The van der Waals surface area contributed by atoms with Crippen molar-refractivity contribution in [1.82, 2.24) is 0 Å². The summed E-state index contributed by atoms with van der Waals surface area (Å²) in [6.45, 7) is 0. The minimum atomic E-state index is -0.787. The molecule has 3 rings (SSSR count). The zero-order chi connectivity index (χ0) is 17.3. The fraction of sp³-hybridized carbons (Fsp3) is 0.0526. The first-order valence-corrected chi connectivity index (χ1v) is 7.30. The van der Waals surface area contributed by atoms with Crippen molar-refractivity contribution in [3.63, 3.8) is 0 Å². The third-order valence-electron chi connectivity index (χ3n) is 3.96. The van der Waals surface area contributed by atoms with Crippen molar-refractivity contribution in [2.45, 2.75) is 5.92 Å². The topological polar surface area (TPSA) is 101 Å². The molecule has 5 heteroatoms. The van der Waals surface area contributed by atoms with E-state index in [-0.39, 0.29) is 39.9 Å². The third kappa shape index (κ3) is 2.56. The standard InChI is InChI=1S/C19H16O5/c20-14-8-2-1-5-11(14)17(12-6-3-9-15(21)18(12)23)13-7-4-10-16(22)19(13)24/h1-10,17,20-24H. The molecule has 0 aliphatic heterocycles. The van der Waals surface area contributed by atoms with Crippen molar-refractivity contribution in [3.8, 4) is 28.7 Å². The molecule has 5 nitrogen and oxygen atoms in total. The van der Waals surface area contributed by atoms with Gasteiger partial charge in [0, 0.05) is 22.6 Å². The maximum absolute atomic E-state index is 10.3. The van der Waals surface area contributed by atoms with Gasteiger partial charge in [0.15, 0.2) is 23.0 Å². The minimum Gasteiger partial charge on any atom is -0.508 e. The second-order valence-corrected chi connectivity index (χ2v) is 5.42. The minimum absolute atomic E-state index is 0.0343. The van der Waals surface area contributed by atoms with Crippen LogP contribution in [0.15, 0.2) is 60.7 Å². The van der Waals surface area contributed by atoms with Gasteiger partial charge in [-0.15, -0.1) is 0 Å². The Morgan fingerprint density at radius 3 is 1.38 bits per heavy atom. The number of hydrogen-bond acceptors (Lipinski definition) is 5. The maximum atomic E-state index is 10.3. The Balaban J connectivity index is 2.32. The van der Waals surface area contributed by atoms with Crippen molar-refractivity contribution in [2.24, 2.45) is 0 Å². The Hall–Kier alpha value is -3.34. The highest BCUT2D eigenvalue weighted by molar-refractivity contribution is 5.60. The van der Waals surface area contributed by atoms with Gasteiger partial charge in [-0.3, -0.25) is 0 Å². The molecule has 0 bridgehead atoms. The molecule has 3 aromatic carbocycles. The lowest BCUT2D eigenvalue weighted by Gasteiger charge is -2.22. The van der Waals surface area contributed by atoms with Gasteiger partial charge in [-0.1, -0.05) is 42.5 Å². The zero-order valence-electron chi connectivity index (χ0n) is 12.6. The Labute approximate surface area is 138 Å². The highest BCUT2D eigenvalue weighted by Crippen LogP contribution is 2.47. The second-order valence-electron chi connectivity index (χ2n) is 5.42. The Morgan fingerprint density at radius 2 is 0.875 bits per heavy atom. The molecule has 122 valence electrons. The molecule has 0 aliphatic rings. The van der Waals surface area contributed by atoms with Crippen molar-refractivity contribution >= 4 is 0 Å². The van der Waals surface area contributed by atoms with E-state index in [4.69, 9.17) is 0 Å². The van der Waals surface area contributed by atoms with Crippen LogP contribution in [0.3, 0.4) is 0 Å². The fourth-order valence-electron chi connectivity index (χ4n) is 2.80. The summed E-state index contributed by atoms with van der Waals surface area (Å²) >= 11 is 0. The van der Waals surface area contributed by atoms with E-state index in [1.54, 1.807) is 42.5 Å². The first-order valence-electron chi connectivity index (χ1n) is 7.30. The molecule has 5 N–H and O–H groups in total. The van der Waals surface area contributed by atoms with Crippen molar-refractivity contribution < 1.29 is 25.5 Å². The van der Waals surface area contributed by atoms with Gasteiger partial charge < -0.3 is 25.5 Å². The van der Waals surface area contributed by atoms with Gasteiger partial charge in [-0.05, 0) is 18.2 Å². The van der Waals surface area contributed by atoms with Crippen LogP contribution in [0, 0.1) is 0 Å². The molecule has 0 spiro atoms. The predicted molar refractivity (Wildman–Crippen MR) is 88.6 cm³/mol. The quantitative estimate of drug-likeness (QED) is 0.375. The molecule has 0 atom stereocenters. The SMILES string of the molecule is Oc1ccccc1C(c1cccc(O)c1O)c1cccc(O)c1O. The number of benzene rings is 3. The smallest absolute Gasteiger partial charge is 0.161 e. The lowest BCUT2D eigenvalue weighted by atomic mass is 9.83. The van der Waals surface area contributed by atoms with Crippen LogP contribution < -0.4 is 0 Å². The van der Waals surface area contributed by atoms with Gasteiger partial charge in [0.05, 0.1) is 0 Å². The number of para-hydroxylation sites is 3. The summed E-state index contributed by atoms with van der Waals surface area (Å²) in [5.74, 6) is -2.15. The Kier molecular flexibility index (Phi) is 3.92. The van der Waals surface area contributed by atoms with Crippen LogP contribution in [-0.2, 0) is 0 Å². The third-order valence-corrected chi connectivity index (χ3v) is 3.96. The lowest BCUT2D eigenvalue weighted by molar-refractivity contribution is 0.392. The predicted octanol–water partition coefficient (Wildman–Crippen LogP) is 3.39. The molecular formula is C19H16O5. The van der Waals surface area contributed by atoms with Crippen LogP contribution in [0.1, 0.15) is 22.6 Å². The highest BCUT2D eigenvalue weighted by atomic mass is 16.3. The largest absolute Gasteiger partial charge is 0.508 e. The molecule has 0 radical (unpaired) electrons. The average Bonchev–Trinajstić information content (AvgIpc) is 2.57. The molecule has 0 aromatic heterocycles. The van der Waals surface area contributed by atoms with Gasteiger partial charge in [0.25, 0.3) is 0 Å². The van der Waals surface area contributed by atoms with Gasteiger partial charge in [-0.2, -0.15) is 0 Å². The molecule has 0 aliphatic carbocycles. The molecular weight excluding hydrogens is 308 g/mol. The van der Waals surface area contributed by atoms with Gasteiger partial charge in [0.1, 0.15) is 5.75 Å². The molecule has 0 unspecified atom stereocenters. The van der Waals surface area contributed by atoms with Crippen LogP contribution in [0.5, 0.6) is 28.7 Å². The van der Waals surface area contributed by atoms with Crippen LogP contribution in [0.4, 0.5) is 0 Å². The van der Waals surface area contributed by atoms with Gasteiger partial charge >= 0.3 is 0 Å². The van der Waals surface area contributed by atoms with E-state index in [9.17, 15) is 25.5 Å². The first kappa shape index (κ1) is 15.6. The number of phenolic OH excluding ortho intramolecular Hbond substituents is 5. The van der Waals surface area contributed by atoms with Crippen molar-refractivity contribution in [3.05, 3.63) is 77.4 Å². The summed E-state index contributed by atoms with van der Waals surface area (Å²) in [6, 6.07) is 15.4. The summed E-state index contributed by atoms with van der Waals surface area (Å²) in [7, 11) is 0. The maximum Gasteiger partial charge on any atom is 0.161 e. The number of phenols is 5. The first-order chi connectivity index (χ1) is 11.5. The van der Waals surface area contributed by atoms with E-state index in [1.165, 1.54) is 18.2 Å². The lowest BCUT2D eigenvalue weighted by Crippen LogP contribution is -2.05. The normalized spacial score (nSPS) is 10.9. The van der Waals surface area contributed by atoms with Crippen molar-refractivity contribution in [2.75, 3.05) is 0 Å². The summed E-state index contributed by atoms with van der Waals surface area (Å²) in [4.78, 5) is 0. The van der Waals surface area contributed by atoms with Crippen LogP contribution in [0.2, 0.25) is 0 Å². The summed E-state index contributed by atoms with van der Waals surface area (Å²) < 4.78 is 0. The number of rotatable bonds is 3. The molecule has 3 aromatic rings. The van der Waals surface area contributed by atoms with E-state index in [1.807, 2.05) is 0 Å². The second kappa shape index (κ2) is 6.04. The van der Waals surface area contributed by atoms with Crippen LogP contribution in [0.25, 0.3) is 0 Å². The number of hydrogen-bond donors (Lipinski definition) is 5. The summed E-state index contributed by atoms with van der Waals surface area (Å²) in [5.41, 5.74) is 0.995. The van der Waals surface area contributed by atoms with E-state index < -0.39 is 5.92 Å². The molecule has 0 saturated heterocycles. The monoisotopic (exact) mass is 324 g/mol. The molecule has 0 heterocycles. The van der Waals surface area contributed by atoms with Crippen molar-refractivity contribution in [1.29, 1.82) is 0 Å². The number of aromatic hydroxyl groups is 5. The summed E-state index contributed by atoms with van der Waals surface area (Å²) in [5, 5.41) is 50.4. The van der Waals surface area contributed by atoms with E-state index in [0.717, 1.165) is 0 Å². The zero-order valence-corrected chi connectivity index (χ0v) is 12.6. The van der Waals surface area contributed by atoms with E-state index in [0.29, 0.717) is 5.56 Å². The molecule has 24 heavy (non-hydrogen) atoms. The molecule has 0 fully saturated rings. The van der Waals surface area contributed by atoms with Gasteiger partial charge in [-0.25, -0.2) is 0 Å². The molecule has 0 amide bonds. The van der Waals surface area contributed by atoms with Crippen LogP contribution >= 0.6 is 0 Å². The van der Waals surface area contributed by atoms with E-state index in [2.05, 4.69) is 0 Å². The van der Waals surface area contributed by atoms with E-state index >= 15 is 0 Å².